The normalized spacial score (nSPS) is 13.2. The van der Waals surface area contributed by atoms with Gasteiger partial charge in [-0.05, 0) is 85.8 Å². The van der Waals surface area contributed by atoms with Gasteiger partial charge in [0.2, 0.25) is 0 Å². The van der Waals surface area contributed by atoms with Crippen LogP contribution in [0.15, 0.2) is 77.7 Å². The summed E-state index contributed by atoms with van der Waals surface area (Å²) in [6, 6.07) is 19.1. The fourth-order valence-electron chi connectivity index (χ4n) is 3.57. The number of halogens is 4. The molecule has 0 unspecified atom stereocenters. The summed E-state index contributed by atoms with van der Waals surface area (Å²) in [4.78, 5) is -0.296. The minimum Gasteiger partial charge on any atom is -0.190 e. The largest absolute Gasteiger partial charge is 0.416 e. The molecule has 1 radical (unpaired) electrons. The van der Waals surface area contributed by atoms with Crippen molar-refractivity contribution in [3.8, 4) is 0 Å². The Kier molecular flexibility index (Phi) is 8.86. The molecule has 0 heterocycles. The van der Waals surface area contributed by atoms with Crippen LogP contribution < -0.4 is 20.2 Å². The molecule has 0 bridgehead atoms. The second-order valence-electron chi connectivity index (χ2n) is 10.3. The van der Waals surface area contributed by atoms with Gasteiger partial charge in [-0.15, -0.1) is 0 Å². The Morgan fingerprint density at radius 3 is 1.32 bits per heavy atom. The zero-order valence-electron chi connectivity index (χ0n) is 22.0. The highest BCUT2D eigenvalue weighted by atomic mass is 127. The molecule has 3 nitrogen and oxygen atoms in total. The maximum atomic E-state index is 13.2. The molecule has 0 aliphatic carbocycles. The monoisotopic (exact) mass is 646 g/mol. The van der Waals surface area contributed by atoms with Crippen LogP contribution in [0.1, 0.15) is 71.1 Å². The minimum absolute atomic E-state index is 0.0296. The number of hydrogen-bond donors (Lipinski definition) is 0. The molecule has 0 aliphatic heterocycles. The average Bonchev–Trinajstić information content (AvgIpc) is 2.87. The molecule has 0 N–H and O–H groups in total. The summed E-state index contributed by atoms with van der Waals surface area (Å²) in [5.74, 6) is 0. The Labute approximate surface area is 226 Å². The molecule has 8 heteroatoms. The molecular weight excluding hydrogens is 612 g/mol. The van der Waals surface area contributed by atoms with Crippen molar-refractivity contribution < 1.29 is 44.3 Å². The Balaban J connectivity index is 2.03. The van der Waals surface area contributed by atoms with Crippen LogP contribution in [0, 0.1) is 7.14 Å². The van der Waals surface area contributed by atoms with E-state index in [1.807, 2.05) is 48.5 Å². The first-order valence-corrected chi connectivity index (χ1v) is 16.6. The van der Waals surface area contributed by atoms with Crippen LogP contribution in [0.25, 0.3) is 0 Å². The molecule has 37 heavy (non-hydrogen) atoms. The second-order valence-corrected chi connectivity index (χ2v) is 16.8. The van der Waals surface area contributed by atoms with E-state index in [4.69, 9.17) is 2.51 Å². The van der Waals surface area contributed by atoms with Crippen molar-refractivity contribution >= 4 is 10.1 Å². The van der Waals surface area contributed by atoms with E-state index < -0.39 is 42.1 Å². The summed E-state index contributed by atoms with van der Waals surface area (Å²) in [6.45, 7) is 12.8. The highest BCUT2D eigenvalue weighted by Gasteiger charge is 2.39. The molecule has 201 valence electrons. The maximum absolute atomic E-state index is 13.2. The summed E-state index contributed by atoms with van der Waals surface area (Å²) in [6.07, 6.45) is -2.66. The van der Waals surface area contributed by atoms with E-state index in [2.05, 4.69) is 41.5 Å². The first-order valence-electron chi connectivity index (χ1n) is 12.1. The quantitative estimate of drug-likeness (QED) is 0.306. The fourth-order valence-corrected chi connectivity index (χ4v) is 10.5. The van der Waals surface area contributed by atoms with E-state index >= 15 is 0 Å². The molecule has 0 fully saturated rings. The smallest absolute Gasteiger partial charge is 0.190 e. The van der Waals surface area contributed by atoms with E-state index in [0.29, 0.717) is 0 Å². The molecule has 0 aliphatic rings. The highest BCUT2D eigenvalue weighted by Crippen LogP contribution is 2.30. The van der Waals surface area contributed by atoms with Gasteiger partial charge in [0.15, 0.2) is 7.14 Å². The minimum atomic E-state index is -4.55. The molecule has 0 atom stereocenters. The van der Waals surface area contributed by atoms with Gasteiger partial charge in [0, 0.05) is 0 Å². The first kappa shape index (κ1) is 29.6. The molecule has 0 spiro atoms. The average molecular weight is 647 g/mol. The third kappa shape index (κ3) is 6.95. The van der Waals surface area contributed by atoms with E-state index in [0.717, 1.165) is 55.4 Å². The first-order chi connectivity index (χ1) is 17.1. The second kappa shape index (κ2) is 11.1. The van der Waals surface area contributed by atoms with E-state index in [-0.39, 0.29) is 15.7 Å². The number of alkyl halides is 3. The lowest BCUT2D eigenvalue weighted by Gasteiger charge is -2.23. The van der Waals surface area contributed by atoms with E-state index in [1.54, 1.807) is 0 Å². The van der Waals surface area contributed by atoms with Crippen LogP contribution in [0.3, 0.4) is 0 Å². The van der Waals surface area contributed by atoms with Crippen molar-refractivity contribution in [1.29, 1.82) is 0 Å². The third-order valence-corrected chi connectivity index (χ3v) is 14.4. The summed E-state index contributed by atoms with van der Waals surface area (Å²) >= 11 is -3.00. The molecule has 0 amide bonds. The molecule has 0 aromatic heterocycles. The van der Waals surface area contributed by atoms with Gasteiger partial charge >= 0.3 is 36.5 Å². The Morgan fingerprint density at radius 1 is 0.649 bits per heavy atom. The van der Waals surface area contributed by atoms with Gasteiger partial charge in [-0.3, -0.25) is 0 Å². The highest BCUT2D eigenvalue weighted by molar-refractivity contribution is 7.86. The van der Waals surface area contributed by atoms with Gasteiger partial charge in [0.05, 0.1) is 10.5 Å². The van der Waals surface area contributed by atoms with Crippen LogP contribution >= 0.6 is 0 Å². The Morgan fingerprint density at radius 2 is 1.00 bits per heavy atom. The number of rotatable bonds is 9. The molecule has 0 saturated carbocycles. The Hall–Kier alpha value is -1.91. The van der Waals surface area contributed by atoms with Crippen molar-refractivity contribution in [2.24, 2.45) is 0 Å². The number of hydrogen-bond acceptors (Lipinski definition) is 3. The maximum Gasteiger partial charge on any atom is 0.416 e. The lowest BCUT2D eigenvalue weighted by Crippen LogP contribution is -3.85. The summed E-state index contributed by atoms with van der Waals surface area (Å²) in [5, 5.41) is 0. The van der Waals surface area contributed by atoms with Gasteiger partial charge in [-0.1, -0.05) is 65.8 Å². The fraction of sp³-hybridized carbons (Fsp3) is 0.379. The molecule has 3 rings (SSSR count). The lowest BCUT2D eigenvalue weighted by atomic mass is 9.82. The molecule has 3 aromatic carbocycles. The van der Waals surface area contributed by atoms with Crippen molar-refractivity contribution in [1.82, 2.24) is 0 Å². The number of benzene rings is 3. The van der Waals surface area contributed by atoms with Gasteiger partial charge in [-0.25, -0.2) is 0 Å². The molecular formula is C29H34F3IO3S+. The van der Waals surface area contributed by atoms with Crippen LogP contribution in [-0.4, -0.2) is 8.42 Å². The van der Waals surface area contributed by atoms with Crippen molar-refractivity contribution in [3.63, 3.8) is 0 Å². The van der Waals surface area contributed by atoms with Gasteiger partial charge in [0.1, 0.15) is 0 Å². The molecule has 3 aromatic rings. The van der Waals surface area contributed by atoms with Crippen LogP contribution in [0.2, 0.25) is 0 Å². The predicted molar refractivity (Wildman–Crippen MR) is 137 cm³/mol. The summed E-state index contributed by atoms with van der Waals surface area (Å²) < 4.78 is 72.9. The van der Waals surface area contributed by atoms with Crippen molar-refractivity contribution in [2.75, 3.05) is 0 Å². The van der Waals surface area contributed by atoms with Gasteiger partial charge < -0.3 is 0 Å². The van der Waals surface area contributed by atoms with Crippen LogP contribution in [0.5, 0.6) is 0 Å². The topological polar surface area (TPSA) is 43.4 Å². The van der Waals surface area contributed by atoms with Crippen LogP contribution in [-0.2, 0) is 29.6 Å². The van der Waals surface area contributed by atoms with Crippen LogP contribution in [0.4, 0.5) is 13.2 Å². The SMILES string of the molecule is CCC(C)(C)c1ccc([I+](OS(=O)(=O)c2ccc(C(F)(F)F)cc2)c2ccc(C(C)(C)CC)cc2)cc1. The lowest BCUT2D eigenvalue weighted by molar-refractivity contribution is -1.03. The van der Waals surface area contributed by atoms with Gasteiger partial charge in [0.25, 0.3) is 0 Å². The van der Waals surface area contributed by atoms with Gasteiger partial charge in [-0.2, -0.15) is 21.6 Å². The summed E-state index contributed by atoms with van der Waals surface area (Å²) in [5.41, 5.74) is 1.31. The summed E-state index contributed by atoms with van der Waals surface area (Å²) in [7, 11) is -4.30. The zero-order chi connectivity index (χ0) is 27.6. The van der Waals surface area contributed by atoms with E-state index in [1.165, 1.54) is 0 Å². The standard InChI is InChI=1S/C29H34F3IO3S/c1-7-27(3,4)21-9-15-24(16-10-21)33(25-17-11-22(12-18-25)28(5,6)8-2)36-37(34,35)26-19-13-23(14-20-26)29(30,31)32/h9-20H,7-8H2,1-6H3/q+1. The van der Waals surface area contributed by atoms with Crippen molar-refractivity contribution in [3.05, 3.63) is 96.6 Å². The van der Waals surface area contributed by atoms with E-state index in [9.17, 15) is 21.6 Å². The Bertz CT molecular complexity index is 1240. The zero-order valence-corrected chi connectivity index (χ0v) is 25.0. The third-order valence-electron chi connectivity index (χ3n) is 7.03. The predicted octanol–water partition coefficient (Wildman–Crippen LogP) is 5.07. The molecule has 0 saturated heterocycles. The van der Waals surface area contributed by atoms with Crippen molar-refractivity contribution in [2.45, 2.75) is 76.3 Å².